The van der Waals surface area contributed by atoms with Gasteiger partial charge >= 0.3 is 0 Å². The minimum Gasteiger partial charge on any atom is -0.485 e. The largest absolute Gasteiger partial charge is 0.485 e. The number of ether oxygens (including phenoxy) is 2. The molecule has 36 heavy (non-hydrogen) atoms. The fourth-order valence-electron chi connectivity index (χ4n) is 5.08. The summed E-state index contributed by atoms with van der Waals surface area (Å²) in [5.74, 6) is 3.61. The SMILES string of the molecule is Cc1c(C)c2c(c(C)c1OP)CC[C@@](C)(C=O)O2.Cc1c(C)c2c(c(C)c1OP)CC[C@@](C)(CO)O2. The second-order valence-corrected chi connectivity index (χ2v) is 11.0. The van der Waals surface area contributed by atoms with Gasteiger partial charge in [-0.25, -0.2) is 0 Å². The number of carbonyl (C=O) groups is 1. The second-order valence-electron chi connectivity index (χ2n) is 10.5. The molecule has 0 fully saturated rings. The van der Waals surface area contributed by atoms with E-state index in [0.717, 1.165) is 87.5 Å². The van der Waals surface area contributed by atoms with Crippen molar-refractivity contribution >= 4 is 25.2 Å². The Bertz CT molecular complexity index is 1180. The third-order valence-corrected chi connectivity index (χ3v) is 8.37. The molecular formula is C28H40O6P2. The molecule has 1 N–H and O–H groups in total. The van der Waals surface area contributed by atoms with Crippen molar-refractivity contribution in [3.8, 4) is 23.0 Å². The van der Waals surface area contributed by atoms with Crippen molar-refractivity contribution in [2.45, 2.75) is 92.3 Å². The summed E-state index contributed by atoms with van der Waals surface area (Å²) in [5.41, 5.74) is 7.79. The molecule has 8 heteroatoms. The van der Waals surface area contributed by atoms with Gasteiger partial charge in [0.05, 0.1) is 25.5 Å². The molecule has 2 aromatic carbocycles. The van der Waals surface area contributed by atoms with Crippen LogP contribution in [0.5, 0.6) is 23.0 Å². The highest BCUT2D eigenvalue weighted by Gasteiger charge is 2.35. The summed E-state index contributed by atoms with van der Waals surface area (Å²) in [6, 6.07) is 0. The van der Waals surface area contributed by atoms with Crippen LogP contribution in [0, 0.1) is 41.5 Å². The standard InChI is InChI=1S/C14H21O3P.C14H19O3P/c2*1-8-9(2)13-11(10(3)12(8)17-18)5-6-14(4,7-15)16-13/h15H,5-7,18H2,1-4H3;7H,5-6,18H2,1-4H3/t2*14-/m00/s1. The van der Waals surface area contributed by atoms with Crippen LogP contribution >= 0.6 is 18.9 Å². The summed E-state index contributed by atoms with van der Waals surface area (Å²) in [5, 5.41) is 9.45. The first-order chi connectivity index (χ1) is 16.9. The molecule has 2 heterocycles. The maximum atomic E-state index is 11.1. The normalized spacial score (nSPS) is 22.2. The molecule has 0 aliphatic carbocycles. The van der Waals surface area contributed by atoms with Gasteiger partial charge in [-0.05, 0) is 114 Å². The number of benzene rings is 2. The van der Waals surface area contributed by atoms with Gasteiger partial charge in [0, 0.05) is 11.1 Å². The predicted octanol–water partition coefficient (Wildman–Crippen LogP) is 5.92. The number of carbonyl (C=O) groups excluding carboxylic acids is 1. The zero-order valence-electron chi connectivity index (χ0n) is 22.8. The van der Waals surface area contributed by atoms with E-state index in [1.54, 1.807) is 0 Å². The molecule has 0 spiro atoms. The average Bonchev–Trinajstić information content (AvgIpc) is 2.87. The van der Waals surface area contributed by atoms with Crippen molar-refractivity contribution < 1.29 is 28.4 Å². The lowest BCUT2D eigenvalue weighted by Gasteiger charge is -2.36. The highest BCUT2D eigenvalue weighted by Crippen LogP contribution is 2.45. The summed E-state index contributed by atoms with van der Waals surface area (Å²) >= 11 is 0. The van der Waals surface area contributed by atoms with Gasteiger partial charge in [0.2, 0.25) is 0 Å². The van der Waals surface area contributed by atoms with Crippen LogP contribution in [-0.4, -0.2) is 29.2 Å². The zero-order chi connectivity index (χ0) is 27.0. The molecule has 2 aliphatic rings. The Morgan fingerprint density at radius 3 is 1.64 bits per heavy atom. The van der Waals surface area contributed by atoms with Crippen LogP contribution in [0.3, 0.4) is 0 Å². The van der Waals surface area contributed by atoms with Crippen molar-refractivity contribution in [2.24, 2.45) is 0 Å². The third-order valence-electron chi connectivity index (χ3n) is 7.90. The Balaban J connectivity index is 0.000000201. The molecular weight excluding hydrogens is 494 g/mol. The van der Waals surface area contributed by atoms with E-state index in [0.29, 0.717) is 6.42 Å². The van der Waals surface area contributed by atoms with Gasteiger partial charge in [-0.15, -0.1) is 0 Å². The summed E-state index contributed by atoms with van der Waals surface area (Å²) in [6.45, 7) is 16.1. The molecule has 0 saturated carbocycles. The molecule has 0 radical (unpaired) electrons. The van der Waals surface area contributed by atoms with E-state index in [-0.39, 0.29) is 6.61 Å². The van der Waals surface area contributed by atoms with E-state index in [9.17, 15) is 9.90 Å². The van der Waals surface area contributed by atoms with Gasteiger partial charge in [0.15, 0.2) is 11.9 Å². The highest BCUT2D eigenvalue weighted by molar-refractivity contribution is 7.10. The molecule has 198 valence electrons. The van der Waals surface area contributed by atoms with Gasteiger partial charge in [0.25, 0.3) is 0 Å². The molecule has 0 amide bonds. The third kappa shape index (κ3) is 5.10. The van der Waals surface area contributed by atoms with Crippen molar-refractivity contribution in [1.29, 1.82) is 0 Å². The number of fused-ring (bicyclic) bond motifs is 2. The van der Waals surface area contributed by atoms with E-state index in [1.807, 2.05) is 48.5 Å². The number of aliphatic hydroxyl groups is 1. The first-order valence-corrected chi connectivity index (χ1v) is 13.2. The molecule has 0 saturated heterocycles. The Morgan fingerprint density at radius 2 is 1.22 bits per heavy atom. The summed E-state index contributed by atoms with van der Waals surface area (Å²) < 4.78 is 22.8. The summed E-state index contributed by atoms with van der Waals surface area (Å²) in [7, 11) is 4.62. The average molecular weight is 535 g/mol. The molecule has 2 aromatic rings. The first-order valence-electron chi connectivity index (χ1n) is 12.3. The van der Waals surface area contributed by atoms with Gasteiger partial charge in [-0.1, -0.05) is 0 Å². The Kier molecular flexibility index (Phi) is 8.65. The van der Waals surface area contributed by atoms with Gasteiger partial charge in [-0.2, -0.15) is 0 Å². The lowest BCUT2D eigenvalue weighted by molar-refractivity contribution is -0.121. The van der Waals surface area contributed by atoms with Crippen LogP contribution in [0.25, 0.3) is 0 Å². The smallest absolute Gasteiger partial charge is 0.163 e. The number of hydrogen-bond acceptors (Lipinski definition) is 6. The molecule has 0 aromatic heterocycles. The fraction of sp³-hybridized carbons (Fsp3) is 0.536. The molecule has 2 aliphatic heterocycles. The van der Waals surface area contributed by atoms with E-state index in [2.05, 4.69) is 25.9 Å². The van der Waals surface area contributed by atoms with Crippen LogP contribution in [0.4, 0.5) is 0 Å². The quantitative estimate of drug-likeness (QED) is 0.388. The second kappa shape index (κ2) is 10.9. The van der Waals surface area contributed by atoms with E-state index >= 15 is 0 Å². The molecule has 6 nitrogen and oxygen atoms in total. The first kappa shape index (κ1) is 28.7. The minimum atomic E-state index is -0.694. The topological polar surface area (TPSA) is 74.2 Å². The highest BCUT2D eigenvalue weighted by atomic mass is 31.0. The Morgan fingerprint density at radius 1 is 0.778 bits per heavy atom. The molecule has 2 unspecified atom stereocenters. The van der Waals surface area contributed by atoms with Crippen LogP contribution in [0.2, 0.25) is 0 Å². The molecule has 4 rings (SSSR count). The van der Waals surface area contributed by atoms with Crippen molar-refractivity contribution in [3.05, 3.63) is 44.5 Å². The van der Waals surface area contributed by atoms with Crippen LogP contribution in [0.1, 0.15) is 71.2 Å². The van der Waals surface area contributed by atoms with Crippen LogP contribution < -0.4 is 18.5 Å². The lowest BCUT2D eigenvalue weighted by atomic mass is 9.87. The van der Waals surface area contributed by atoms with E-state index in [4.69, 9.17) is 18.5 Å². The number of rotatable bonds is 4. The van der Waals surface area contributed by atoms with Crippen molar-refractivity contribution in [1.82, 2.24) is 0 Å². The maximum absolute atomic E-state index is 11.1. The van der Waals surface area contributed by atoms with Crippen LogP contribution in [0.15, 0.2) is 0 Å². The summed E-state index contributed by atoms with van der Waals surface area (Å²) in [6.07, 6.45) is 4.21. The minimum absolute atomic E-state index is 0.0475. The summed E-state index contributed by atoms with van der Waals surface area (Å²) in [4.78, 5) is 11.1. The van der Waals surface area contributed by atoms with E-state index in [1.165, 1.54) is 5.56 Å². The molecule has 0 bridgehead atoms. The lowest BCUT2D eigenvalue weighted by Crippen LogP contribution is -2.40. The number of aldehydes is 1. The molecule has 4 atom stereocenters. The Hall–Kier alpha value is -1.87. The van der Waals surface area contributed by atoms with Gasteiger partial charge in [0.1, 0.15) is 28.6 Å². The predicted molar refractivity (Wildman–Crippen MR) is 150 cm³/mol. The number of aliphatic hydroxyl groups excluding tert-OH is 1. The van der Waals surface area contributed by atoms with E-state index < -0.39 is 11.2 Å². The van der Waals surface area contributed by atoms with Gasteiger partial charge < -0.3 is 23.6 Å². The zero-order valence-corrected chi connectivity index (χ0v) is 25.1. The monoisotopic (exact) mass is 534 g/mol. The van der Waals surface area contributed by atoms with Crippen molar-refractivity contribution in [3.63, 3.8) is 0 Å². The fourth-order valence-corrected chi connectivity index (χ4v) is 5.79. The van der Waals surface area contributed by atoms with Gasteiger partial charge in [-0.3, -0.25) is 4.79 Å². The Labute approximate surface area is 220 Å². The number of hydrogen-bond donors (Lipinski definition) is 1. The maximum Gasteiger partial charge on any atom is 0.163 e. The van der Waals surface area contributed by atoms with Crippen molar-refractivity contribution in [2.75, 3.05) is 6.61 Å². The van der Waals surface area contributed by atoms with Crippen LogP contribution in [-0.2, 0) is 17.6 Å².